The number of aromatic amines is 1. The average Bonchev–Trinajstić information content (AvgIpc) is 2.78. The van der Waals surface area contributed by atoms with Crippen molar-refractivity contribution < 1.29 is 14.6 Å². The predicted octanol–water partition coefficient (Wildman–Crippen LogP) is 3.63. The predicted molar refractivity (Wildman–Crippen MR) is 124 cm³/mol. The van der Waals surface area contributed by atoms with E-state index in [0.717, 1.165) is 24.6 Å². The van der Waals surface area contributed by atoms with Crippen molar-refractivity contribution in [3.05, 3.63) is 33.9 Å². The maximum atomic E-state index is 12.6. The number of ether oxygens (including phenoxy) is 2. The number of hydrogen-bond acceptors (Lipinski definition) is 7. The van der Waals surface area contributed by atoms with E-state index in [1.54, 1.807) is 13.3 Å². The number of anilines is 1. The molecule has 0 aromatic carbocycles. The molecule has 3 heterocycles. The standard InChI is InChI=1S/C24H34N4O4/c1-7-23(3,4)22(30)32-15(2)18-12-16-19(14-26-18)27-21(29)17(13-25)20(16)28-10-8-24(5,31-6)9-11-28/h12,14-15,22,30H,7-11H2,1-6H3,(H,27,29). The number of nitrogens with one attached hydrogen (secondary N) is 1. The molecule has 0 saturated carbocycles. The normalized spacial score (nSPS) is 18.4. The van der Waals surface area contributed by atoms with E-state index >= 15 is 0 Å². The van der Waals surface area contributed by atoms with E-state index in [1.807, 2.05) is 33.8 Å². The minimum absolute atomic E-state index is 0.0939. The lowest BCUT2D eigenvalue weighted by molar-refractivity contribution is -0.191. The molecule has 0 amide bonds. The lowest BCUT2D eigenvalue weighted by Gasteiger charge is -2.40. The Morgan fingerprint density at radius 2 is 2.06 bits per heavy atom. The quantitative estimate of drug-likeness (QED) is 0.630. The average molecular weight is 443 g/mol. The van der Waals surface area contributed by atoms with E-state index in [9.17, 15) is 15.2 Å². The number of nitrogens with zero attached hydrogens (tertiary/aromatic N) is 3. The van der Waals surface area contributed by atoms with Crippen LogP contribution in [0.15, 0.2) is 17.1 Å². The summed E-state index contributed by atoms with van der Waals surface area (Å²) >= 11 is 0. The van der Waals surface area contributed by atoms with Crippen LogP contribution < -0.4 is 10.5 Å². The summed E-state index contributed by atoms with van der Waals surface area (Å²) in [6.45, 7) is 11.2. The zero-order valence-corrected chi connectivity index (χ0v) is 19.9. The molecule has 1 aliphatic rings. The van der Waals surface area contributed by atoms with Crippen molar-refractivity contribution in [1.82, 2.24) is 9.97 Å². The van der Waals surface area contributed by atoms with Crippen LogP contribution >= 0.6 is 0 Å². The molecule has 2 N–H and O–H groups in total. The molecule has 0 radical (unpaired) electrons. The molecule has 1 saturated heterocycles. The van der Waals surface area contributed by atoms with Gasteiger partial charge in [-0.3, -0.25) is 9.78 Å². The summed E-state index contributed by atoms with van der Waals surface area (Å²) in [5.41, 5.74) is 0.878. The lowest BCUT2D eigenvalue weighted by atomic mass is 9.89. The van der Waals surface area contributed by atoms with Crippen LogP contribution in [0.3, 0.4) is 0 Å². The fourth-order valence-corrected chi connectivity index (χ4v) is 3.88. The monoisotopic (exact) mass is 442 g/mol. The molecule has 32 heavy (non-hydrogen) atoms. The van der Waals surface area contributed by atoms with Crippen molar-refractivity contribution in [2.75, 3.05) is 25.1 Å². The van der Waals surface area contributed by atoms with E-state index in [0.29, 0.717) is 30.0 Å². The summed E-state index contributed by atoms with van der Waals surface area (Å²) < 4.78 is 11.5. The van der Waals surface area contributed by atoms with Gasteiger partial charge in [0.15, 0.2) is 6.29 Å². The fraction of sp³-hybridized carbons (Fsp3) is 0.625. The van der Waals surface area contributed by atoms with Crippen molar-refractivity contribution in [1.29, 1.82) is 5.26 Å². The number of piperidine rings is 1. The van der Waals surface area contributed by atoms with Gasteiger partial charge in [0.1, 0.15) is 11.6 Å². The van der Waals surface area contributed by atoms with Gasteiger partial charge in [-0.05, 0) is 39.2 Å². The summed E-state index contributed by atoms with van der Waals surface area (Å²) in [5.74, 6) is 0. The third-order valence-electron chi connectivity index (χ3n) is 6.96. The van der Waals surface area contributed by atoms with Crippen LogP contribution in [0.4, 0.5) is 5.69 Å². The molecule has 8 nitrogen and oxygen atoms in total. The SMILES string of the molecule is CCC(C)(C)C(O)OC(C)c1cc2c(N3CCC(C)(OC)CC3)c(C#N)c(=O)[nH]c2cn1. The van der Waals surface area contributed by atoms with Crippen molar-refractivity contribution in [2.45, 2.75) is 71.9 Å². The highest BCUT2D eigenvalue weighted by Gasteiger charge is 2.32. The first-order valence-corrected chi connectivity index (χ1v) is 11.1. The molecule has 3 rings (SSSR count). The number of H-pyrrole nitrogens is 1. The summed E-state index contributed by atoms with van der Waals surface area (Å²) in [4.78, 5) is 21.9. The first-order valence-electron chi connectivity index (χ1n) is 11.1. The number of aliphatic hydroxyl groups excluding tert-OH is 1. The van der Waals surface area contributed by atoms with Crippen molar-refractivity contribution >= 4 is 16.6 Å². The second-order valence-electron chi connectivity index (χ2n) is 9.56. The molecule has 1 fully saturated rings. The maximum absolute atomic E-state index is 12.6. The number of aromatic nitrogens is 2. The van der Waals surface area contributed by atoms with E-state index in [2.05, 4.69) is 27.9 Å². The molecule has 0 aliphatic carbocycles. The third kappa shape index (κ3) is 4.65. The molecule has 2 aromatic heterocycles. The van der Waals surface area contributed by atoms with Crippen LogP contribution in [0.2, 0.25) is 0 Å². The van der Waals surface area contributed by atoms with Crippen molar-refractivity contribution in [2.24, 2.45) is 5.41 Å². The zero-order valence-electron chi connectivity index (χ0n) is 19.9. The number of aliphatic hydroxyl groups is 1. The van der Waals surface area contributed by atoms with Crippen LogP contribution in [-0.4, -0.2) is 47.2 Å². The van der Waals surface area contributed by atoms with Gasteiger partial charge >= 0.3 is 0 Å². The highest BCUT2D eigenvalue weighted by molar-refractivity contribution is 5.94. The Morgan fingerprint density at radius 3 is 2.62 bits per heavy atom. The number of hydrogen-bond donors (Lipinski definition) is 2. The number of pyridine rings is 2. The van der Waals surface area contributed by atoms with Gasteiger partial charge in [0.25, 0.3) is 5.56 Å². The molecule has 1 aliphatic heterocycles. The van der Waals surface area contributed by atoms with Crippen molar-refractivity contribution in [3.63, 3.8) is 0 Å². The Balaban J connectivity index is 2.03. The molecule has 174 valence electrons. The summed E-state index contributed by atoms with van der Waals surface area (Å²) in [6.07, 6.45) is 2.52. The van der Waals surface area contributed by atoms with Gasteiger partial charge in [0.05, 0.1) is 34.8 Å². The van der Waals surface area contributed by atoms with Gasteiger partial charge in [-0.25, -0.2) is 0 Å². The second kappa shape index (κ2) is 9.18. The highest BCUT2D eigenvalue weighted by atomic mass is 16.6. The molecule has 0 bridgehead atoms. The van der Waals surface area contributed by atoms with Crippen LogP contribution in [0.1, 0.15) is 71.2 Å². The Labute approximate surface area is 189 Å². The highest BCUT2D eigenvalue weighted by Crippen LogP contribution is 2.35. The van der Waals surface area contributed by atoms with E-state index in [1.165, 1.54) is 0 Å². The van der Waals surface area contributed by atoms with Crippen LogP contribution in [0.5, 0.6) is 0 Å². The Kier molecular flexibility index (Phi) is 6.94. The summed E-state index contributed by atoms with van der Waals surface area (Å²) in [6, 6.07) is 3.94. The molecule has 0 spiro atoms. The van der Waals surface area contributed by atoms with E-state index in [4.69, 9.17) is 9.47 Å². The fourth-order valence-electron chi connectivity index (χ4n) is 3.88. The summed E-state index contributed by atoms with van der Waals surface area (Å²) in [7, 11) is 1.71. The molecule has 2 unspecified atom stereocenters. The number of fused-ring (bicyclic) bond motifs is 1. The van der Waals surface area contributed by atoms with Crippen LogP contribution in [-0.2, 0) is 9.47 Å². The van der Waals surface area contributed by atoms with Gasteiger partial charge in [0, 0.05) is 31.0 Å². The first-order chi connectivity index (χ1) is 15.0. The maximum Gasteiger partial charge on any atom is 0.268 e. The van der Waals surface area contributed by atoms with Gasteiger partial charge in [-0.1, -0.05) is 20.8 Å². The number of nitriles is 1. The van der Waals surface area contributed by atoms with Gasteiger partial charge in [-0.2, -0.15) is 5.26 Å². The Hall–Kier alpha value is -2.47. The topological polar surface area (TPSA) is 111 Å². The smallest absolute Gasteiger partial charge is 0.268 e. The molecular formula is C24H34N4O4. The Bertz CT molecular complexity index is 1060. The minimum Gasteiger partial charge on any atom is -0.378 e. The molecular weight excluding hydrogens is 408 g/mol. The molecule has 8 heteroatoms. The Morgan fingerprint density at radius 1 is 1.41 bits per heavy atom. The zero-order chi connectivity index (χ0) is 23.7. The third-order valence-corrected chi connectivity index (χ3v) is 6.96. The van der Waals surface area contributed by atoms with Gasteiger partial charge < -0.3 is 24.5 Å². The van der Waals surface area contributed by atoms with Crippen LogP contribution in [0.25, 0.3) is 10.9 Å². The van der Waals surface area contributed by atoms with Crippen molar-refractivity contribution in [3.8, 4) is 6.07 Å². The largest absolute Gasteiger partial charge is 0.378 e. The van der Waals surface area contributed by atoms with E-state index in [-0.39, 0.29) is 11.2 Å². The molecule has 2 aromatic rings. The lowest BCUT2D eigenvalue weighted by Crippen LogP contribution is -2.44. The minimum atomic E-state index is -0.946. The number of methoxy groups -OCH3 is 1. The van der Waals surface area contributed by atoms with Crippen LogP contribution in [0, 0.1) is 16.7 Å². The number of rotatable bonds is 7. The summed E-state index contributed by atoms with van der Waals surface area (Å²) in [5, 5.41) is 21.0. The first kappa shape index (κ1) is 24.2. The van der Waals surface area contributed by atoms with Gasteiger partial charge in [0.2, 0.25) is 0 Å². The molecule has 2 atom stereocenters. The second-order valence-corrected chi connectivity index (χ2v) is 9.56. The van der Waals surface area contributed by atoms with E-state index < -0.39 is 23.4 Å². The van der Waals surface area contributed by atoms with Gasteiger partial charge in [-0.15, -0.1) is 0 Å².